The van der Waals surface area contributed by atoms with E-state index in [0.29, 0.717) is 4.90 Å². The zero-order valence-corrected chi connectivity index (χ0v) is 12.2. The smallest absolute Gasteiger partial charge is 0.199 e. The number of ether oxygens (including phenoxy) is 1. The maximum Gasteiger partial charge on any atom is 0.199 e. The van der Waals surface area contributed by atoms with Crippen LogP contribution in [0.25, 0.3) is 0 Å². The van der Waals surface area contributed by atoms with E-state index in [4.69, 9.17) is 4.74 Å². The zero-order chi connectivity index (χ0) is 13.9. The molecule has 19 heavy (non-hydrogen) atoms. The van der Waals surface area contributed by atoms with Crippen molar-refractivity contribution >= 4 is 9.84 Å². The maximum atomic E-state index is 12.0. The average Bonchev–Trinajstić information content (AvgIpc) is 3.07. The van der Waals surface area contributed by atoms with Crippen LogP contribution in [-0.4, -0.2) is 20.6 Å². The molecule has 1 aliphatic rings. The SMILES string of the molecule is Cc1ccc(S(=O)(=O)/C=C/CCCC2(C)CO2)cc1. The minimum Gasteiger partial charge on any atom is -0.370 e. The van der Waals surface area contributed by atoms with Crippen LogP contribution in [0.3, 0.4) is 0 Å². The van der Waals surface area contributed by atoms with Gasteiger partial charge in [0.2, 0.25) is 0 Å². The summed E-state index contributed by atoms with van der Waals surface area (Å²) in [7, 11) is -3.29. The van der Waals surface area contributed by atoms with Crippen LogP contribution in [-0.2, 0) is 14.6 Å². The van der Waals surface area contributed by atoms with E-state index < -0.39 is 9.84 Å². The minimum absolute atomic E-state index is 0.0592. The molecule has 3 nitrogen and oxygen atoms in total. The highest BCUT2D eigenvalue weighted by Gasteiger charge is 2.37. The number of epoxide rings is 1. The number of rotatable bonds is 6. The Morgan fingerprint density at radius 1 is 1.32 bits per heavy atom. The van der Waals surface area contributed by atoms with Gasteiger partial charge in [0.05, 0.1) is 17.1 Å². The van der Waals surface area contributed by atoms with Crippen molar-refractivity contribution in [1.82, 2.24) is 0 Å². The molecule has 0 saturated carbocycles. The van der Waals surface area contributed by atoms with Gasteiger partial charge in [-0.2, -0.15) is 0 Å². The van der Waals surface area contributed by atoms with E-state index in [1.807, 2.05) is 19.1 Å². The number of allylic oxidation sites excluding steroid dienone is 1. The van der Waals surface area contributed by atoms with Crippen LogP contribution >= 0.6 is 0 Å². The molecular weight excluding hydrogens is 260 g/mol. The van der Waals surface area contributed by atoms with Gasteiger partial charge in [0.1, 0.15) is 0 Å². The molecule has 0 bridgehead atoms. The van der Waals surface area contributed by atoms with E-state index in [1.165, 1.54) is 5.41 Å². The third-order valence-electron chi connectivity index (χ3n) is 3.34. The maximum absolute atomic E-state index is 12.0. The lowest BCUT2D eigenvalue weighted by Crippen LogP contribution is -2.02. The van der Waals surface area contributed by atoms with Crippen molar-refractivity contribution in [2.45, 2.75) is 43.6 Å². The second-order valence-corrected chi connectivity index (χ2v) is 7.19. The first kappa shape index (κ1) is 14.3. The molecule has 1 aliphatic heterocycles. The minimum atomic E-state index is -3.29. The van der Waals surface area contributed by atoms with Crippen LogP contribution in [0.1, 0.15) is 31.7 Å². The molecule has 1 aromatic rings. The summed E-state index contributed by atoms with van der Waals surface area (Å²) in [5.41, 5.74) is 1.12. The molecule has 0 aliphatic carbocycles. The van der Waals surface area contributed by atoms with Gasteiger partial charge in [-0.25, -0.2) is 8.42 Å². The Bertz CT molecular complexity index is 552. The van der Waals surface area contributed by atoms with Gasteiger partial charge >= 0.3 is 0 Å². The first-order valence-electron chi connectivity index (χ1n) is 6.54. The Morgan fingerprint density at radius 2 is 1.95 bits per heavy atom. The van der Waals surface area contributed by atoms with Gasteiger partial charge in [-0.1, -0.05) is 23.8 Å². The number of aryl methyl sites for hydroxylation is 1. The molecule has 104 valence electrons. The molecule has 0 amide bonds. The van der Waals surface area contributed by atoms with Gasteiger partial charge in [-0.05, 0) is 45.2 Å². The lowest BCUT2D eigenvalue weighted by molar-refractivity contribution is 0.305. The largest absolute Gasteiger partial charge is 0.370 e. The number of sulfone groups is 1. The summed E-state index contributed by atoms with van der Waals surface area (Å²) in [6.07, 6.45) is 4.45. The standard InChI is InChI=1S/C15H20O3S/c1-13-6-8-14(9-7-13)19(16,17)11-5-3-4-10-15(2)12-18-15/h5-9,11H,3-4,10,12H2,1-2H3/b11-5+. The van der Waals surface area contributed by atoms with Crippen molar-refractivity contribution in [2.75, 3.05) is 6.61 Å². The third-order valence-corrected chi connectivity index (χ3v) is 4.82. The number of unbranched alkanes of at least 4 members (excludes halogenated alkanes) is 1. The van der Waals surface area contributed by atoms with E-state index in [0.717, 1.165) is 31.4 Å². The zero-order valence-electron chi connectivity index (χ0n) is 11.4. The van der Waals surface area contributed by atoms with Crippen molar-refractivity contribution in [3.05, 3.63) is 41.3 Å². The van der Waals surface area contributed by atoms with Crippen LogP contribution in [0.5, 0.6) is 0 Å². The molecule has 1 heterocycles. The van der Waals surface area contributed by atoms with Gasteiger partial charge in [0.15, 0.2) is 9.84 Å². The second kappa shape index (κ2) is 5.47. The molecule has 0 aromatic heterocycles. The first-order valence-corrected chi connectivity index (χ1v) is 8.08. The molecule has 2 rings (SSSR count). The van der Waals surface area contributed by atoms with E-state index in [9.17, 15) is 8.42 Å². The molecule has 0 radical (unpaired) electrons. The highest BCUT2D eigenvalue weighted by molar-refractivity contribution is 7.94. The van der Waals surface area contributed by atoms with Gasteiger partial charge < -0.3 is 4.74 Å². The van der Waals surface area contributed by atoms with Gasteiger partial charge in [0.25, 0.3) is 0 Å². The van der Waals surface area contributed by atoms with Crippen LogP contribution in [0, 0.1) is 6.92 Å². The molecule has 1 unspecified atom stereocenters. The molecule has 1 aromatic carbocycles. The van der Waals surface area contributed by atoms with Crippen LogP contribution in [0.2, 0.25) is 0 Å². The summed E-state index contributed by atoms with van der Waals surface area (Å²) in [5.74, 6) is 0. The van der Waals surface area contributed by atoms with Crippen LogP contribution < -0.4 is 0 Å². The van der Waals surface area contributed by atoms with E-state index in [-0.39, 0.29) is 5.60 Å². The predicted molar refractivity (Wildman–Crippen MR) is 75.7 cm³/mol. The highest BCUT2D eigenvalue weighted by atomic mass is 32.2. The summed E-state index contributed by atoms with van der Waals surface area (Å²) in [6.45, 7) is 4.85. The van der Waals surface area contributed by atoms with Gasteiger partial charge in [-0.15, -0.1) is 0 Å². The van der Waals surface area contributed by atoms with Crippen LogP contribution in [0.15, 0.2) is 40.6 Å². The molecular formula is C15H20O3S. The monoisotopic (exact) mass is 280 g/mol. The van der Waals surface area contributed by atoms with E-state index >= 15 is 0 Å². The number of hydrogen-bond acceptors (Lipinski definition) is 3. The quantitative estimate of drug-likeness (QED) is 0.593. The van der Waals surface area contributed by atoms with Crippen molar-refractivity contribution in [1.29, 1.82) is 0 Å². The predicted octanol–water partition coefficient (Wildman–Crippen LogP) is 3.24. The summed E-state index contributed by atoms with van der Waals surface area (Å²) < 4.78 is 29.3. The summed E-state index contributed by atoms with van der Waals surface area (Å²) in [4.78, 5) is 0.354. The molecule has 0 spiro atoms. The average molecular weight is 280 g/mol. The Hall–Kier alpha value is -1.13. The van der Waals surface area contributed by atoms with Crippen LogP contribution in [0.4, 0.5) is 0 Å². The Kier molecular flexibility index (Phi) is 4.11. The summed E-state index contributed by atoms with van der Waals surface area (Å²) in [6, 6.07) is 6.92. The van der Waals surface area contributed by atoms with E-state index in [2.05, 4.69) is 6.92 Å². The fourth-order valence-electron chi connectivity index (χ4n) is 1.86. The van der Waals surface area contributed by atoms with Gasteiger partial charge in [0, 0.05) is 5.41 Å². The molecule has 1 atom stereocenters. The lowest BCUT2D eigenvalue weighted by atomic mass is 10.1. The third kappa shape index (κ3) is 4.18. The topological polar surface area (TPSA) is 46.7 Å². The molecule has 1 saturated heterocycles. The number of hydrogen-bond donors (Lipinski definition) is 0. The Labute approximate surface area is 115 Å². The summed E-state index contributed by atoms with van der Waals surface area (Å²) in [5, 5.41) is 1.31. The fraction of sp³-hybridized carbons (Fsp3) is 0.467. The molecule has 1 fully saturated rings. The number of benzene rings is 1. The fourth-order valence-corrected chi connectivity index (χ4v) is 2.92. The normalized spacial score (nSPS) is 22.8. The molecule has 0 N–H and O–H groups in total. The molecule has 4 heteroatoms. The van der Waals surface area contributed by atoms with Crippen molar-refractivity contribution in [3.63, 3.8) is 0 Å². The van der Waals surface area contributed by atoms with E-state index in [1.54, 1.807) is 18.2 Å². The second-order valence-electron chi connectivity index (χ2n) is 5.36. The highest BCUT2D eigenvalue weighted by Crippen LogP contribution is 2.31. The summed E-state index contributed by atoms with van der Waals surface area (Å²) >= 11 is 0. The van der Waals surface area contributed by atoms with Crippen molar-refractivity contribution < 1.29 is 13.2 Å². The first-order chi connectivity index (χ1) is 8.91. The lowest BCUT2D eigenvalue weighted by Gasteiger charge is -2.02. The Balaban J connectivity index is 1.87. The van der Waals surface area contributed by atoms with Gasteiger partial charge in [-0.3, -0.25) is 0 Å². The van der Waals surface area contributed by atoms with Crippen molar-refractivity contribution in [2.24, 2.45) is 0 Å². The Morgan fingerprint density at radius 3 is 2.53 bits per heavy atom. The van der Waals surface area contributed by atoms with Crippen molar-refractivity contribution in [3.8, 4) is 0 Å².